The van der Waals surface area contributed by atoms with Crippen LogP contribution < -0.4 is 20.2 Å². The largest absolute Gasteiger partial charge is 0.497 e. The minimum atomic E-state index is -0.913. The van der Waals surface area contributed by atoms with E-state index in [4.69, 9.17) is 9.47 Å². The van der Waals surface area contributed by atoms with Crippen LogP contribution >= 0.6 is 0 Å². The number of rotatable bonds is 10. The molecule has 0 aromatic heterocycles. The lowest BCUT2D eigenvalue weighted by molar-refractivity contribution is -0.134. The molecule has 7 nitrogen and oxygen atoms in total. The Kier molecular flexibility index (Phi) is 8.80. The summed E-state index contributed by atoms with van der Waals surface area (Å²) in [6.07, 6.45) is 1.51. The van der Waals surface area contributed by atoms with Crippen molar-refractivity contribution >= 4 is 23.7 Å². The number of benzene rings is 3. The van der Waals surface area contributed by atoms with E-state index < -0.39 is 17.7 Å². The highest BCUT2D eigenvalue weighted by molar-refractivity contribution is 6.06. The summed E-state index contributed by atoms with van der Waals surface area (Å²) in [5.74, 6) is -0.710. The molecule has 0 aliphatic heterocycles. The van der Waals surface area contributed by atoms with Crippen molar-refractivity contribution in [2.45, 2.75) is 20.5 Å². The van der Waals surface area contributed by atoms with Crippen molar-refractivity contribution < 1.29 is 19.1 Å². The van der Waals surface area contributed by atoms with Crippen molar-refractivity contribution in [3.63, 3.8) is 0 Å². The molecule has 0 spiro atoms. The fourth-order valence-corrected chi connectivity index (χ4v) is 3.31. The Labute approximate surface area is 199 Å². The summed E-state index contributed by atoms with van der Waals surface area (Å²) in [6, 6.07) is 24.2. The molecule has 0 aliphatic rings. The zero-order valence-corrected chi connectivity index (χ0v) is 19.5. The number of hydrogen-bond acceptors (Lipinski definition) is 5. The van der Waals surface area contributed by atoms with Crippen molar-refractivity contribution in [3.8, 4) is 11.5 Å². The smallest absolute Gasteiger partial charge is 0.252 e. The Morgan fingerprint density at radius 3 is 2.26 bits per heavy atom. The Balaban J connectivity index is 1.62. The van der Waals surface area contributed by atoms with Gasteiger partial charge in [0.05, 0.1) is 13.3 Å². The lowest BCUT2D eigenvalue weighted by Crippen LogP contribution is -2.39. The van der Waals surface area contributed by atoms with Crippen LogP contribution in [0.15, 0.2) is 84.0 Å². The summed E-state index contributed by atoms with van der Waals surface area (Å²) in [7, 11) is 1.57. The first-order valence-corrected chi connectivity index (χ1v) is 11.0. The molecule has 0 aliphatic carbocycles. The van der Waals surface area contributed by atoms with Gasteiger partial charge in [-0.3, -0.25) is 9.59 Å². The number of methoxy groups -OCH3 is 1. The number of amides is 2. The Hall–Kier alpha value is -4.13. The predicted octanol–water partition coefficient (Wildman–Crippen LogP) is 4.64. The molecule has 0 heterocycles. The van der Waals surface area contributed by atoms with Crippen LogP contribution in [0.2, 0.25) is 0 Å². The molecule has 0 bridgehead atoms. The van der Waals surface area contributed by atoms with Gasteiger partial charge >= 0.3 is 0 Å². The van der Waals surface area contributed by atoms with Crippen LogP contribution in [0.3, 0.4) is 0 Å². The van der Waals surface area contributed by atoms with Crippen LogP contribution in [0.4, 0.5) is 5.69 Å². The van der Waals surface area contributed by atoms with Crippen LogP contribution in [0, 0.1) is 11.8 Å². The minimum Gasteiger partial charge on any atom is -0.497 e. The molecule has 3 aromatic rings. The fraction of sp³-hybridized carbons (Fsp3) is 0.222. The minimum absolute atomic E-state index is 0.227. The van der Waals surface area contributed by atoms with Crippen LogP contribution in [0.25, 0.3) is 0 Å². The van der Waals surface area contributed by atoms with E-state index in [2.05, 4.69) is 15.8 Å². The van der Waals surface area contributed by atoms with Gasteiger partial charge in [-0.1, -0.05) is 56.3 Å². The standard InChI is InChI=1S/C27H29N3O4/c1-19(2)25(26(31)29-22-13-15-23(33-3)16-14-22)27(32)30-28-17-21-11-7-8-12-24(21)34-18-20-9-5-4-6-10-20/h4-17,19,25H,18H2,1-3H3,(H,29,31)(H,30,32). The summed E-state index contributed by atoms with van der Waals surface area (Å²) in [5, 5.41) is 6.85. The molecular formula is C27H29N3O4. The maximum absolute atomic E-state index is 12.8. The van der Waals surface area contributed by atoms with Gasteiger partial charge in [0.25, 0.3) is 5.91 Å². The van der Waals surface area contributed by atoms with Crippen molar-refractivity contribution in [2.75, 3.05) is 12.4 Å². The van der Waals surface area contributed by atoms with E-state index >= 15 is 0 Å². The highest BCUT2D eigenvalue weighted by Gasteiger charge is 2.30. The average molecular weight is 460 g/mol. The van der Waals surface area contributed by atoms with E-state index in [1.807, 2.05) is 68.4 Å². The van der Waals surface area contributed by atoms with Gasteiger partial charge in [0.15, 0.2) is 0 Å². The van der Waals surface area contributed by atoms with Crippen molar-refractivity contribution in [2.24, 2.45) is 16.9 Å². The van der Waals surface area contributed by atoms with Gasteiger partial charge in [-0.05, 0) is 47.9 Å². The van der Waals surface area contributed by atoms with E-state index in [0.717, 1.165) is 5.56 Å². The van der Waals surface area contributed by atoms with Gasteiger partial charge in [-0.25, -0.2) is 5.43 Å². The number of carbonyl (C=O) groups is 2. The zero-order chi connectivity index (χ0) is 24.3. The van der Waals surface area contributed by atoms with Crippen LogP contribution in [0.5, 0.6) is 11.5 Å². The molecule has 0 radical (unpaired) electrons. The Morgan fingerprint density at radius 2 is 1.59 bits per heavy atom. The SMILES string of the molecule is COc1ccc(NC(=O)C(C(=O)NN=Cc2ccccc2OCc2ccccc2)C(C)C)cc1. The summed E-state index contributed by atoms with van der Waals surface area (Å²) >= 11 is 0. The number of hydrogen-bond donors (Lipinski definition) is 2. The number of nitrogens with zero attached hydrogens (tertiary/aromatic N) is 1. The molecular weight excluding hydrogens is 430 g/mol. The molecule has 176 valence electrons. The molecule has 34 heavy (non-hydrogen) atoms. The predicted molar refractivity (Wildman–Crippen MR) is 133 cm³/mol. The normalized spacial score (nSPS) is 11.8. The third-order valence-corrected chi connectivity index (χ3v) is 5.12. The second-order valence-electron chi connectivity index (χ2n) is 7.99. The van der Waals surface area contributed by atoms with Crippen molar-refractivity contribution in [3.05, 3.63) is 90.0 Å². The number of anilines is 1. The molecule has 3 rings (SSSR count). The first-order chi connectivity index (χ1) is 16.5. The van der Waals surface area contributed by atoms with E-state index in [9.17, 15) is 9.59 Å². The van der Waals surface area contributed by atoms with Crippen LogP contribution in [-0.4, -0.2) is 25.1 Å². The molecule has 1 atom stereocenters. The van der Waals surface area contributed by atoms with E-state index in [1.165, 1.54) is 6.21 Å². The highest BCUT2D eigenvalue weighted by Crippen LogP contribution is 2.19. The molecule has 2 amide bonds. The highest BCUT2D eigenvalue weighted by atomic mass is 16.5. The van der Waals surface area contributed by atoms with E-state index in [0.29, 0.717) is 29.4 Å². The molecule has 0 saturated carbocycles. The molecule has 0 saturated heterocycles. The number of hydrazone groups is 1. The van der Waals surface area contributed by atoms with Crippen molar-refractivity contribution in [1.29, 1.82) is 0 Å². The van der Waals surface area contributed by atoms with Gasteiger partial charge in [-0.15, -0.1) is 0 Å². The number of carbonyl (C=O) groups excluding carboxylic acids is 2. The quantitative estimate of drug-likeness (QED) is 0.263. The molecule has 0 fully saturated rings. The Morgan fingerprint density at radius 1 is 0.912 bits per heavy atom. The van der Waals surface area contributed by atoms with Gasteiger partial charge in [-0.2, -0.15) is 5.10 Å². The first-order valence-electron chi connectivity index (χ1n) is 11.0. The summed E-state index contributed by atoms with van der Waals surface area (Å²) in [5.41, 5.74) is 4.83. The van der Waals surface area contributed by atoms with E-state index in [-0.39, 0.29) is 5.92 Å². The Bertz CT molecular complexity index is 1110. The van der Waals surface area contributed by atoms with Crippen molar-refractivity contribution in [1.82, 2.24) is 5.43 Å². The third kappa shape index (κ3) is 6.93. The van der Waals surface area contributed by atoms with Gasteiger partial charge in [0, 0.05) is 11.3 Å². The van der Waals surface area contributed by atoms with Crippen LogP contribution in [-0.2, 0) is 16.2 Å². The second kappa shape index (κ2) is 12.2. The zero-order valence-electron chi connectivity index (χ0n) is 19.5. The summed E-state index contributed by atoms with van der Waals surface area (Å²) in [4.78, 5) is 25.5. The molecule has 7 heteroatoms. The third-order valence-electron chi connectivity index (χ3n) is 5.12. The summed E-state index contributed by atoms with van der Waals surface area (Å²) < 4.78 is 11.0. The number of nitrogens with one attached hydrogen (secondary N) is 2. The van der Waals surface area contributed by atoms with Gasteiger partial charge < -0.3 is 14.8 Å². The number of para-hydroxylation sites is 1. The lowest BCUT2D eigenvalue weighted by atomic mass is 9.94. The summed E-state index contributed by atoms with van der Waals surface area (Å²) in [6.45, 7) is 4.04. The molecule has 1 unspecified atom stereocenters. The molecule has 2 N–H and O–H groups in total. The molecule has 3 aromatic carbocycles. The lowest BCUT2D eigenvalue weighted by Gasteiger charge is -2.18. The average Bonchev–Trinajstić information content (AvgIpc) is 2.84. The maximum atomic E-state index is 12.8. The van der Waals surface area contributed by atoms with Crippen LogP contribution in [0.1, 0.15) is 25.0 Å². The topological polar surface area (TPSA) is 89.0 Å². The maximum Gasteiger partial charge on any atom is 0.252 e. The monoisotopic (exact) mass is 459 g/mol. The van der Waals surface area contributed by atoms with Gasteiger partial charge in [0.1, 0.15) is 24.0 Å². The van der Waals surface area contributed by atoms with Gasteiger partial charge in [0.2, 0.25) is 5.91 Å². The first kappa shape index (κ1) is 24.5. The fourth-order valence-electron chi connectivity index (χ4n) is 3.31. The number of ether oxygens (including phenoxy) is 2. The van der Waals surface area contributed by atoms with E-state index in [1.54, 1.807) is 31.4 Å². The second-order valence-corrected chi connectivity index (χ2v) is 7.99.